The van der Waals surface area contributed by atoms with Crippen LogP contribution in [-0.4, -0.2) is 54.8 Å². The number of hydrogen-bond acceptors (Lipinski definition) is 0. The fraction of sp³-hybridized carbons (Fsp3) is 0. The van der Waals surface area contributed by atoms with Crippen molar-refractivity contribution < 1.29 is 71.3 Å². The molecule has 0 amide bonds. The van der Waals surface area contributed by atoms with Crippen LogP contribution in [0.1, 0.15) is 0 Å². The molecular formula is H20NiO10. The van der Waals surface area contributed by atoms with Crippen LogP contribution in [0.3, 0.4) is 0 Å². The summed E-state index contributed by atoms with van der Waals surface area (Å²) in [7, 11) is 0. The van der Waals surface area contributed by atoms with Crippen LogP contribution in [0.15, 0.2) is 0 Å². The van der Waals surface area contributed by atoms with Gasteiger partial charge < -0.3 is 54.8 Å². The van der Waals surface area contributed by atoms with Gasteiger partial charge in [-0.15, -0.1) is 0 Å². The zero-order chi connectivity index (χ0) is 0. The molecule has 0 rings (SSSR count). The van der Waals surface area contributed by atoms with Crippen LogP contribution in [0.5, 0.6) is 0 Å². The molecule has 0 aliphatic rings. The van der Waals surface area contributed by atoms with Crippen molar-refractivity contribution in [1.29, 1.82) is 0 Å². The van der Waals surface area contributed by atoms with Gasteiger partial charge in [0.05, 0.1) is 0 Å². The van der Waals surface area contributed by atoms with E-state index in [4.69, 9.17) is 0 Å². The van der Waals surface area contributed by atoms with E-state index in [0.717, 1.165) is 0 Å². The first-order valence-electron chi connectivity index (χ1n) is 0. The van der Waals surface area contributed by atoms with Gasteiger partial charge >= 0.3 is 0 Å². The summed E-state index contributed by atoms with van der Waals surface area (Å²) in [4.78, 5) is 0. The molecule has 0 atom stereocenters. The van der Waals surface area contributed by atoms with E-state index in [-0.39, 0.29) is 71.3 Å². The molecule has 90 valence electrons. The molecule has 20 N–H and O–H groups in total. The Bertz CT molecular complexity index is 4.83. The molecule has 0 fully saturated rings. The summed E-state index contributed by atoms with van der Waals surface area (Å²) >= 11 is 0. The van der Waals surface area contributed by atoms with Gasteiger partial charge in [0.25, 0.3) is 0 Å². The van der Waals surface area contributed by atoms with Gasteiger partial charge in [0.2, 0.25) is 0 Å². The van der Waals surface area contributed by atoms with Gasteiger partial charge in [-0.3, -0.25) is 0 Å². The third kappa shape index (κ3) is 75600. The van der Waals surface area contributed by atoms with Gasteiger partial charge in [0, 0.05) is 16.5 Å². The molecule has 0 saturated heterocycles. The first-order chi connectivity index (χ1) is 0. The van der Waals surface area contributed by atoms with E-state index < -0.39 is 0 Å². The zero-order valence-electron chi connectivity index (χ0n) is 5.32. The molecule has 0 aromatic heterocycles. The molecule has 0 bridgehead atoms. The largest absolute Gasteiger partial charge is 0.412 e. The summed E-state index contributed by atoms with van der Waals surface area (Å²) in [5.74, 6) is 0. The van der Waals surface area contributed by atoms with Gasteiger partial charge in [0.1, 0.15) is 0 Å². The van der Waals surface area contributed by atoms with Gasteiger partial charge in [-0.05, 0) is 0 Å². The zero-order valence-corrected chi connectivity index (χ0v) is 6.30. The van der Waals surface area contributed by atoms with Crippen LogP contribution in [0.2, 0.25) is 0 Å². The Morgan fingerprint density at radius 1 is 0.182 bits per heavy atom. The Balaban J connectivity index is 0. The van der Waals surface area contributed by atoms with Gasteiger partial charge in [-0.1, -0.05) is 0 Å². The van der Waals surface area contributed by atoms with Crippen molar-refractivity contribution in [3.8, 4) is 0 Å². The summed E-state index contributed by atoms with van der Waals surface area (Å²) in [6, 6.07) is 0. The van der Waals surface area contributed by atoms with E-state index in [2.05, 4.69) is 0 Å². The maximum absolute atomic E-state index is 0. The predicted octanol–water partition coefficient (Wildman–Crippen LogP) is -8.25. The van der Waals surface area contributed by atoms with E-state index in [1.807, 2.05) is 0 Å². The minimum Gasteiger partial charge on any atom is -0.412 e. The monoisotopic (exact) mass is 238 g/mol. The molecule has 10 nitrogen and oxygen atoms in total. The van der Waals surface area contributed by atoms with Gasteiger partial charge in [-0.2, -0.15) is 0 Å². The minimum atomic E-state index is 0. The van der Waals surface area contributed by atoms with E-state index in [0.29, 0.717) is 0 Å². The van der Waals surface area contributed by atoms with Crippen molar-refractivity contribution in [3.05, 3.63) is 0 Å². The maximum Gasteiger partial charge on any atom is 0 e. The second-order valence-electron chi connectivity index (χ2n) is 0. The molecule has 0 unspecified atom stereocenters. The van der Waals surface area contributed by atoms with Crippen LogP contribution < -0.4 is 0 Å². The Morgan fingerprint density at radius 3 is 0.182 bits per heavy atom. The van der Waals surface area contributed by atoms with Crippen LogP contribution in [0.4, 0.5) is 0 Å². The quantitative estimate of drug-likeness (QED) is 0.355. The fourth-order valence-corrected chi connectivity index (χ4v) is 0. The first-order valence-corrected chi connectivity index (χ1v) is 0. The SMILES string of the molecule is O.O.O.O.O.O.O.O.O.O.[Ni]. The predicted molar refractivity (Wildman–Crippen MR) is 36.1 cm³/mol. The van der Waals surface area contributed by atoms with Crippen LogP contribution >= 0.6 is 0 Å². The van der Waals surface area contributed by atoms with E-state index in [1.165, 1.54) is 0 Å². The fourth-order valence-electron chi connectivity index (χ4n) is 0. The Morgan fingerprint density at radius 2 is 0.182 bits per heavy atom. The summed E-state index contributed by atoms with van der Waals surface area (Å²) in [5, 5.41) is 0. The molecule has 11 heavy (non-hydrogen) atoms. The normalized spacial score (nSPS) is 0. The minimum absolute atomic E-state index is 0. The van der Waals surface area contributed by atoms with Gasteiger partial charge in [0.15, 0.2) is 0 Å². The molecule has 0 heterocycles. The topological polar surface area (TPSA) is 315 Å². The van der Waals surface area contributed by atoms with Crippen molar-refractivity contribution in [2.24, 2.45) is 0 Å². The molecule has 0 aromatic carbocycles. The summed E-state index contributed by atoms with van der Waals surface area (Å²) in [6.45, 7) is 0. The van der Waals surface area contributed by atoms with Crippen molar-refractivity contribution in [2.45, 2.75) is 0 Å². The third-order valence-electron chi connectivity index (χ3n) is 0. The standard InChI is InChI=1S/Ni.10H2O/h;10*1H2. The van der Waals surface area contributed by atoms with Crippen molar-refractivity contribution in [3.63, 3.8) is 0 Å². The summed E-state index contributed by atoms with van der Waals surface area (Å²) in [5.41, 5.74) is 0. The smallest absolute Gasteiger partial charge is 0 e. The molecular weight excluding hydrogens is 219 g/mol. The van der Waals surface area contributed by atoms with Crippen LogP contribution in [0, 0.1) is 0 Å². The number of hydrogen-bond donors (Lipinski definition) is 0. The van der Waals surface area contributed by atoms with E-state index in [9.17, 15) is 0 Å². The van der Waals surface area contributed by atoms with Crippen molar-refractivity contribution in [2.75, 3.05) is 0 Å². The molecule has 11 heteroatoms. The molecule has 0 spiro atoms. The average molecular weight is 239 g/mol. The second-order valence-corrected chi connectivity index (χ2v) is 0. The summed E-state index contributed by atoms with van der Waals surface area (Å²) in [6.07, 6.45) is 0. The third-order valence-corrected chi connectivity index (χ3v) is 0. The number of rotatable bonds is 0. The Hall–Kier alpha value is 0.0935. The molecule has 0 saturated carbocycles. The first kappa shape index (κ1) is 129000. The molecule has 0 radical (unpaired) electrons. The van der Waals surface area contributed by atoms with Crippen LogP contribution in [0.25, 0.3) is 0 Å². The van der Waals surface area contributed by atoms with E-state index in [1.54, 1.807) is 0 Å². The molecule has 0 aliphatic carbocycles. The average Bonchev–Trinajstić information content (AvgIpc) is 0. The van der Waals surface area contributed by atoms with Crippen LogP contribution in [-0.2, 0) is 16.5 Å². The van der Waals surface area contributed by atoms with Gasteiger partial charge in [-0.25, -0.2) is 0 Å². The maximum atomic E-state index is 0. The summed E-state index contributed by atoms with van der Waals surface area (Å²) < 4.78 is 0. The Labute approximate surface area is 72.2 Å². The second kappa shape index (κ2) is 95500. The molecule has 0 aromatic rings. The van der Waals surface area contributed by atoms with E-state index >= 15 is 0 Å². The molecule has 0 aliphatic heterocycles. The van der Waals surface area contributed by atoms with Crippen molar-refractivity contribution >= 4 is 0 Å². The van der Waals surface area contributed by atoms with Crippen molar-refractivity contribution in [1.82, 2.24) is 0 Å². The Kier molecular flexibility index (Phi) is 1120000000.